The first kappa shape index (κ1) is 17.2. The molecule has 0 fully saturated rings. The second-order valence-corrected chi connectivity index (χ2v) is 6.29. The summed E-state index contributed by atoms with van der Waals surface area (Å²) in [4.78, 5) is 17.7. The third-order valence-electron chi connectivity index (χ3n) is 3.63. The highest BCUT2D eigenvalue weighted by atomic mass is 32.1. The molecule has 0 saturated carbocycles. The van der Waals surface area contributed by atoms with Crippen LogP contribution in [0.4, 0.5) is 22.0 Å². The monoisotopic (exact) mass is 373 g/mol. The zero-order valence-corrected chi connectivity index (χ0v) is 13.5. The summed E-state index contributed by atoms with van der Waals surface area (Å²) >= 11 is 1.29. The Kier molecular flexibility index (Phi) is 4.15. The van der Waals surface area contributed by atoms with E-state index in [2.05, 4.69) is 10.1 Å². The molecule has 0 spiro atoms. The topological polar surface area (TPSA) is 47.2 Å². The van der Waals surface area contributed by atoms with Crippen LogP contribution in [0.5, 0.6) is 0 Å². The first-order valence-electron chi connectivity index (χ1n) is 6.77. The van der Waals surface area contributed by atoms with Gasteiger partial charge in [-0.2, -0.15) is 9.78 Å². The third kappa shape index (κ3) is 2.62. The van der Waals surface area contributed by atoms with Crippen molar-refractivity contribution in [2.75, 3.05) is 0 Å². The Bertz CT molecular complexity index is 1070. The summed E-state index contributed by atoms with van der Waals surface area (Å²) in [5, 5.41) is 3.77. The molecule has 1 aromatic carbocycles. The number of aryl methyl sites for hydroxylation is 2. The van der Waals surface area contributed by atoms with Crippen LogP contribution in [0.25, 0.3) is 10.2 Å². The average molecular weight is 373 g/mol. The quantitative estimate of drug-likeness (QED) is 0.298. The molecule has 4 nitrogen and oxygen atoms in total. The molecule has 0 aliphatic carbocycles. The SMILES string of the molecule is Cc1sc2ncn(/N=C\c3c(F)c(F)c(F)c(F)c3F)c(=O)c2c1C. The lowest BCUT2D eigenvalue weighted by atomic mass is 10.2. The van der Waals surface area contributed by atoms with Gasteiger partial charge in [0.15, 0.2) is 23.3 Å². The number of thiophene rings is 1. The molecule has 0 amide bonds. The number of nitrogens with zero attached hydrogens (tertiary/aromatic N) is 3. The maximum absolute atomic E-state index is 13.6. The molecule has 0 saturated heterocycles. The first-order valence-corrected chi connectivity index (χ1v) is 7.58. The van der Waals surface area contributed by atoms with E-state index in [1.165, 1.54) is 11.3 Å². The van der Waals surface area contributed by atoms with E-state index in [4.69, 9.17) is 0 Å². The lowest BCUT2D eigenvalue weighted by Gasteiger charge is -2.04. The van der Waals surface area contributed by atoms with E-state index in [9.17, 15) is 26.7 Å². The number of aromatic nitrogens is 2. The number of hydrogen-bond donors (Lipinski definition) is 0. The van der Waals surface area contributed by atoms with E-state index >= 15 is 0 Å². The first-order chi connectivity index (χ1) is 11.7. The van der Waals surface area contributed by atoms with Gasteiger partial charge in [-0.25, -0.2) is 26.9 Å². The van der Waals surface area contributed by atoms with Crippen molar-refractivity contribution in [3.8, 4) is 0 Å². The van der Waals surface area contributed by atoms with E-state index in [1.54, 1.807) is 13.8 Å². The van der Waals surface area contributed by atoms with E-state index in [1.807, 2.05) is 0 Å². The largest absolute Gasteiger partial charge is 0.282 e. The molecule has 0 N–H and O–H groups in total. The van der Waals surface area contributed by atoms with E-state index < -0.39 is 40.2 Å². The number of hydrogen-bond acceptors (Lipinski definition) is 4. The van der Waals surface area contributed by atoms with Gasteiger partial charge in [0, 0.05) is 4.88 Å². The minimum absolute atomic E-state index is 0.277. The molecule has 10 heteroatoms. The Morgan fingerprint density at radius 3 is 2.20 bits per heavy atom. The van der Waals surface area contributed by atoms with E-state index in [-0.39, 0.29) is 5.39 Å². The summed E-state index contributed by atoms with van der Waals surface area (Å²) < 4.78 is 67.2. The van der Waals surface area contributed by atoms with Crippen molar-refractivity contribution < 1.29 is 22.0 Å². The van der Waals surface area contributed by atoms with Gasteiger partial charge in [-0.3, -0.25) is 4.79 Å². The summed E-state index contributed by atoms with van der Waals surface area (Å²) in [5.74, 6) is -10.5. The second-order valence-electron chi connectivity index (χ2n) is 5.09. The van der Waals surface area contributed by atoms with Gasteiger partial charge < -0.3 is 0 Å². The van der Waals surface area contributed by atoms with Crippen molar-refractivity contribution in [1.29, 1.82) is 0 Å². The number of benzene rings is 1. The molecule has 3 aromatic rings. The summed E-state index contributed by atoms with van der Waals surface area (Å²) in [6.45, 7) is 3.50. The van der Waals surface area contributed by atoms with Gasteiger partial charge in [-0.1, -0.05) is 0 Å². The van der Waals surface area contributed by atoms with Crippen LogP contribution in [-0.2, 0) is 0 Å². The Morgan fingerprint density at radius 1 is 1.04 bits per heavy atom. The van der Waals surface area contributed by atoms with Gasteiger partial charge in [-0.15, -0.1) is 11.3 Å². The Labute approximate surface area is 140 Å². The minimum atomic E-state index is -2.27. The maximum Gasteiger partial charge on any atom is 0.282 e. The molecule has 0 aliphatic rings. The van der Waals surface area contributed by atoms with Gasteiger partial charge in [0.2, 0.25) is 5.82 Å². The van der Waals surface area contributed by atoms with Crippen LogP contribution in [0, 0.1) is 42.9 Å². The second kappa shape index (κ2) is 6.03. The van der Waals surface area contributed by atoms with Crippen molar-refractivity contribution in [3.63, 3.8) is 0 Å². The number of fused-ring (bicyclic) bond motifs is 1. The van der Waals surface area contributed by atoms with Crippen LogP contribution in [-0.4, -0.2) is 15.9 Å². The molecule has 3 rings (SSSR count). The molecule has 0 radical (unpaired) electrons. The molecule has 130 valence electrons. The molecule has 25 heavy (non-hydrogen) atoms. The van der Waals surface area contributed by atoms with E-state index in [0.29, 0.717) is 21.3 Å². The fourth-order valence-electron chi connectivity index (χ4n) is 2.16. The fraction of sp³-hybridized carbons (Fsp3) is 0.133. The van der Waals surface area contributed by atoms with Crippen molar-refractivity contribution in [3.05, 3.63) is 61.8 Å². The maximum atomic E-state index is 13.6. The van der Waals surface area contributed by atoms with Gasteiger partial charge in [0.1, 0.15) is 11.2 Å². The average Bonchev–Trinajstić information content (AvgIpc) is 2.88. The predicted octanol–water partition coefficient (Wildman–Crippen LogP) is 3.65. The zero-order valence-electron chi connectivity index (χ0n) is 12.7. The van der Waals surface area contributed by atoms with Crippen LogP contribution in [0.15, 0.2) is 16.2 Å². The van der Waals surface area contributed by atoms with Crippen molar-refractivity contribution in [2.24, 2.45) is 5.10 Å². The normalized spacial score (nSPS) is 11.8. The predicted molar refractivity (Wildman–Crippen MR) is 82.6 cm³/mol. The highest BCUT2D eigenvalue weighted by Gasteiger charge is 2.24. The lowest BCUT2D eigenvalue weighted by molar-refractivity contribution is 0.377. The molecule has 0 unspecified atom stereocenters. The Hall–Kier alpha value is -2.62. The molecule has 0 bridgehead atoms. The van der Waals surface area contributed by atoms with Crippen molar-refractivity contribution >= 4 is 27.8 Å². The Balaban J connectivity index is 2.16. The van der Waals surface area contributed by atoms with Crippen molar-refractivity contribution in [1.82, 2.24) is 9.66 Å². The van der Waals surface area contributed by atoms with Crippen LogP contribution < -0.4 is 5.56 Å². The van der Waals surface area contributed by atoms with Crippen LogP contribution in [0.3, 0.4) is 0 Å². The highest BCUT2D eigenvalue weighted by molar-refractivity contribution is 7.18. The third-order valence-corrected chi connectivity index (χ3v) is 4.74. The molecule has 2 aromatic heterocycles. The fourth-order valence-corrected chi connectivity index (χ4v) is 3.15. The standard InChI is InChI=1S/C15H8F5N3OS/c1-5-6(2)25-14-8(5)15(24)23(4-21-14)22-3-7-9(16)11(18)13(20)12(19)10(7)17/h3-4H,1-2H3/b22-3-. The van der Waals surface area contributed by atoms with Crippen molar-refractivity contribution in [2.45, 2.75) is 13.8 Å². The summed E-state index contributed by atoms with van der Waals surface area (Å²) in [7, 11) is 0. The van der Waals surface area contributed by atoms with Gasteiger partial charge >= 0.3 is 0 Å². The summed E-state index contributed by atoms with van der Waals surface area (Å²) in [6, 6.07) is 0. The minimum Gasteiger partial charge on any atom is -0.267 e. The number of halogens is 5. The molecule has 2 heterocycles. The molecule has 0 atom stereocenters. The summed E-state index contributed by atoms with van der Waals surface area (Å²) in [5.41, 5.74) is -1.19. The van der Waals surface area contributed by atoms with Crippen LogP contribution >= 0.6 is 11.3 Å². The Morgan fingerprint density at radius 2 is 1.60 bits per heavy atom. The highest BCUT2D eigenvalue weighted by Crippen LogP contribution is 2.25. The summed E-state index contributed by atoms with van der Waals surface area (Å²) in [6.07, 6.45) is 1.39. The smallest absolute Gasteiger partial charge is 0.267 e. The van der Waals surface area contributed by atoms with Crippen LogP contribution in [0.1, 0.15) is 16.0 Å². The number of rotatable bonds is 2. The van der Waals surface area contributed by atoms with Gasteiger partial charge in [-0.05, 0) is 19.4 Å². The van der Waals surface area contributed by atoms with E-state index in [0.717, 1.165) is 11.2 Å². The molecular weight excluding hydrogens is 365 g/mol. The molecule has 0 aliphatic heterocycles. The zero-order chi connectivity index (χ0) is 18.5. The van der Waals surface area contributed by atoms with Crippen LogP contribution in [0.2, 0.25) is 0 Å². The van der Waals surface area contributed by atoms with Gasteiger partial charge in [0.25, 0.3) is 5.56 Å². The molecular formula is C15H8F5N3OS. The van der Waals surface area contributed by atoms with Gasteiger partial charge in [0.05, 0.1) is 17.2 Å². The lowest BCUT2D eigenvalue weighted by Crippen LogP contribution is -2.17.